The van der Waals surface area contributed by atoms with E-state index in [4.69, 9.17) is 11.5 Å². The Bertz CT molecular complexity index is 1770. The van der Waals surface area contributed by atoms with Gasteiger partial charge in [0.2, 0.25) is 0 Å². The van der Waals surface area contributed by atoms with Crippen molar-refractivity contribution in [3.05, 3.63) is 125 Å². The largest absolute Gasteiger partial charge is 0.370 e. The number of rotatable bonds is 6. The number of aliphatic imine (C=N–C) groups is 1. The van der Waals surface area contributed by atoms with Crippen molar-refractivity contribution in [1.29, 1.82) is 0 Å². The van der Waals surface area contributed by atoms with Gasteiger partial charge in [-0.15, -0.1) is 0 Å². The number of ketones is 2. The molecular weight excluding hydrogens is 532 g/mol. The van der Waals surface area contributed by atoms with Crippen molar-refractivity contribution in [2.75, 3.05) is 6.54 Å². The van der Waals surface area contributed by atoms with Crippen molar-refractivity contribution in [3.8, 4) is 0 Å². The van der Waals surface area contributed by atoms with E-state index in [0.717, 1.165) is 45.9 Å². The smallest absolute Gasteiger partial charge is 0.189 e. The lowest BCUT2D eigenvalue weighted by molar-refractivity contribution is -0.130. The predicted molar refractivity (Wildman–Crippen MR) is 172 cm³/mol. The third-order valence-electron chi connectivity index (χ3n) is 9.88. The van der Waals surface area contributed by atoms with Gasteiger partial charge >= 0.3 is 0 Å². The summed E-state index contributed by atoms with van der Waals surface area (Å²) in [6.45, 7) is 0.485. The van der Waals surface area contributed by atoms with Crippen molar-refractivity contribution < 1.29 is 9.59 Å². The summed E-state index contributed by atoms with van der Waals surface area (Å²) >= 11 is 0. The number of nitrogens with one attached hydrogen (secondary N) is 1. The molecule has 1 aliphatic heterocycles. The molecule has 0 radical (unpaired) electrons. The summed E-state index contributed by atoms with van der Waals surface area (Å²) < 4.78 is 0. The van der Waals surface area contributed by atoms with Gasteiger partial charge in [-0.05, 0) is 71.2 Å². The zero-order valence-electron chi connectivity index (χ0n) is 24.1. The molecule has 0 aromatic heterocycles. The zero-order valence-corrected chi connectivity index (χ0v) is 24.1. The summed E-state index contributed by atoms with van der Waals surface area (Å²) in [5.41, 5.74) is 13.5. The van der Waals surface area contributed by atoms with Crippen LogP contribution in [0.3, 0.4) is 0 Å². The summed E-state index contributed by atoms with van der Waals surface area (Å²) in [6.07, 6.45) is 5.59. The molecule has 216 valence electrons. The number of nitrogens with two attached hydrogens (primary N) is 2. The number of allylic oxidation sites excluding steroid dienone is 1. The molecule has 0 amide bonds. The first kappa shape index (κ1) is 27.3. The number of carbonyl (C=O) groups is 2. The first-order valence-electron chi connectivity index (χ1n) is 15.2. The molecule has 7 rings (SSSR count). The number of benzene rings is 4. The van der Waals surface area contributed by atoms with Crippen LogP contribution in [0.25, 0.3) is 16.8 Å². The van der Waals surface area contributed by atoms with Crippen LogP contribution in [-0.2, 0) is 10.3 Å². The molecule has 4 aromatic rings. The van der Waals surface area contributed by atoms with Crippen LogP contribution in [-0.4, -0.2) is 30.1 Å². The van der Waals surface area contributed by atoms with E-state index in [0.29, 0.717) is 31.4 Å². The maximum atomic E-state index is 15.4. The second kappa shape index (κ2) is 10.6. The molecule has 2 fully saturated rings. The summed E-state index contributed by atoms with van der Waals surface area (Å²) in [6, 6.07) is 32.3. The van der Waals surface area contributed by atoms with Crippen molar-refractivity contribution in [2.24, 2.45) is 21.9 Å². The first-order valence-corrected chi connectivity index (χ1v) is 15.2. The lowest BCUT2D eigenvalue weighted by atomic mass is 9.52. The minimum Gasteiger partial charge on any atom is -0.370 e. The van der Waals surface area contributed by atoms with Crippen LogP contribution in [0.5, 0.6) is 0 Å². The first-order chi connectivity index (χ1) is 21.0. The molecule has 4 atom stereocenters. The third kappa shape index (κ3) is 4.08. The third-order valence-corrected chi connectivity index (χ3v) is 9.88. The highest BCUT2D eigenvalue weighted by atomic mass is 16.1. The summed E-state index contributed by atoms with van der Waals surface area (Å²) in [5.74, 6) is -0.0818. The van der Waals surface area contributed by atoms with Crippen LogP contribution >= 0.6 is 0 Å². The van der Waals surface area contributed by atoms with Gasteiger partial charge in [0.05, 0.1) is 5.41 Å². The second-order valence-corrected chi connectivity index (χ2v) is 12.1. The predicted octanol–water partition coefficient (Wildman–Crippen LogP) is 5.86. The molecule has 4 aromatic carbocycles. The Morgan fingerprint density at radius 3 is 2.35 bits per heavy atom. The molecule has 43 heavy (non-hydrogen) atoms. The Hall–Kier alpha value is -4.55. The number of fused-ring (bicyclic) bond motifs is 2. The van der Waals surface area contributed by atoms with Gasteiger partial charge in [0, 0.05) is 24.1 Å². The van der Waals surface area contributed by atoms with Crippen molar-refractivity contribution >= 4 is 34.4 Å². The van der Waals surface area contributed by atoms with E-state index < -0.39 is 11.0 Å². The topological polar surface area (TPSA) is 111 Å². The van der Waals surface area contributed by atoms with Crippen LogP contribution < -0.4 is 16.8 Å². The minimum atomic E-state index is -1.19. The van der Waals surface area contributed by atoms with E-state index in [1.165, 1.54) is 0 Å². The Morgan fingerprint density at radius 1 is 0.884 bits per heavy atom. The highest BCUT2D eigenvalue weighted by Gasteiger charge is 2.73. The molecule has 2 spiro atoms. The molecule has 6 nitrogen and oxygen atoms in total. The molecule has 1 heterocycles. The molecule has 1 saturated heterocycles. The fourth-order valence-electron chi connectivity index (χ4n) is 8.37. The number of nitrogens with zero attached hydrogens (tertiary/aromatic N) is 1. The second-order valence-electron chi connectivity index (χ2n) is 12.1. The van der Waals surface area contributed by atoms with E-state index in [1.807, 2.05) is 72.8 Å². The van der Waals surface area contributed by atoms with Gasteiger partial charge in [0.1, 0.15) is 5.54 Å². The molecular formula is C37H36N4O2. The SMILES string of the molecule is NC(N)=NCCCC1N[C@@]2(C(=O)c3cccc4cccc2c34)[C@@]2(CCC/C(=C\c3ccccc3)C2=O)[C@H]1c1ccccc1. The quantitative estimate of drug-likeness (QED) is 0.117. The highest BCUT2D eigenvalue weighted by molar-refractivity contribution is 6.24. The van der Waals surface area contributed by atoms with E-state index >= 15 is 9.59 Å². The maximum Gasteiger partial charge on any atom is 0.189 e. The number of guanidine groups is 1. The lowest BCUT2D eigenvalue weighted by Gasteiger charge is -2.47. The Labute approximate surface area is 251 Å². The highest BCUT2D eigenvalue weighted by Crippen LogP contribution is 2.66. The summed E-state index contributed by atoms with van der Waals surface area (Å²) in [5, 5.41) is 5.91. The standard InChI is InChI=1S/C37H36N4O2/c38-35(39)40-22-10-20-30-32(26-13-5-2-6-14-26)36(21-9-17-27(33(36)42)23-24-11-3-1-4-12-24)37(41-30)29-19-8-16-25-15-7-18-28(31(25)29)34(37)43/h1-8,11-16,18-19,23,30,32,41H,9-10,17,20-22H2,(H4,38,39,40)/b27-23+/t30?,32-,36-,37-/m0/s1. The van der Waals surface area contributed by atoms with Crippen molar-refractivity contribution in [1.82, 2.24) is 5.32 Å². The van der Waals surface area contributed by atoms with Gasteiger partial charge in [-0.2, -0.15) is 0 Å². The van der Waals surface area contributed by atoms with Crippen LogP contribution in [0.4, 0.5) is 0 Å². The summed E-state index contributed by atoms with van der Waals surface area (Å²) in [7, 11) is 0. The van der Waals surface area contributed by atoms with Gasteiger partial charge in [-0.3, -0.25) is 19.9 Å². The average Bonchev–Trinajstić information content (AvgIpc) is 3.45. The number of hydrogen-bond acceptors (Lipinski definition) is 4. The molecule has 2 aliphatic carbocycles. The summed E-state index contributed by atoms with van der Waals surface area (Å²) in [4.78, 5) is 34.6. The Balaban J connectivity index is 1.47. The molecule has 1 unspecified atom stereocenters. The van der Waals surface area contributed by atoms with Gasteiger partial charge in [-0.1, -0.05) is 97.1 Å². The average molecular weight is 569 g/mol. The molecule has 1 saturated carbocycles. The number of carbonyl (C=O) groups excluding carboxylic acids is 2. The van der Waals surface area contributed by atoms with Crippen LogP contribution in [0, 0.1) is 5.41 Å². The Kier molecular flexibility index (Phi) is 6.74. The molecule has 6 heteroatoms. The monoisotopic (exact) mass is 568 g/mol. The van der Waals surface area contributed by atoms with E-state index in [1.54, 1.807) is 0 Å². The number of Topliss-reactive ketones (excluding diaryl/α,β-unsaturated/α-hetero) is 2. The molecule has 3 aliphatic rings. The van der Waals surface area contributed by atoms with Crippen molar-refractivity contribution in [2.45, 2.75) is 49.6 Å². The fraction of sp³-hybridized carbons (Fsp3) is 0.270. The van der Waals surface area contributed by atoms with Crippen molar-refractivity contribution in [3.63, 3.8) is 0 Å². The fourth-order valence-corrected chi connectivity index (χ4v) is 8.37. The van der Waals surface area contributed by atoms with Gasteiger partial charge in [0.15, 0.2) is 17.5 Å². The number of hydrogen-bond donors (Lipinski definition) is 3. The minimum absolute atomic E-state index is 0.00117. The van der Waals surface area contributed by atoms with Crippen LogP contribution in [0.15, 0.2) is 108 Å². The van der Waals surface area contributed by atoms with Gasteiger partial charge in [-0.25, -0.2) is 0 Å². The van der Waals surface area contributed by atoms with E-state index in [-0.39, 0.29) is 29.5 Å². The Morgan fingerprint density at radius 2 is 1.60 bits per heavy atom. The van der Waals surface area contributed by atoms with E-state index in [2.05, 4.69) is 40.6 Å². The molecule has 5 N–H and O–H groups in total. The van der Waals surface area contributed by atoms with Gasteiger partial charge in [0.25, 0.3) is 0 Å². The molecule has 0 bridgehead atoms. The normalized spacial score (nSPS) is 27.0. The lowest BCUT2D eigenvalue weighted by Crippen LogP contribution is -2.59. The maximum absolute atomic E-state index is 15.4. The van der Waals surface area contributed by atoms with Gasteiger partial charge < -0.3 is 11.5 Å². The van der Waals surface area contributed by atoms with Crippen LogP contribution in [0.2, 0.25) is 0 Å². The zero-order chi connectivity index (χ0) is 29.6. The van der Waals surface area contributed by atoms with E-state index in [9.17, 15) is 0 Å². The van der Waals surface area contributed by atoms with Crippen LogP contribution in [0.1, 0.15) is 65.1 Å².